The van der Waals surface area contributed by atoms with Crippen molar-refractivity contribution in [2.75, 3.05) is 18.1 Å². The topological polar surface area (TPSA) is 25.4 Å². The summed E-state index contributed by atoms with van der Waals surface area (Å²) in [5, 5.41) is 0.996. The van der Waals surface area contributed by atoms with E-state index in [4.69, 9.17) is 9.72 Å². The number of thiazole rings is 1. The summed E-state index contributed by atoms with van der Waals surface area (Å²) < 4.78 is 7.25. The first-order valence-corrected chi connectivity index (χ1v) is 11.0. The summed E-state index contributed by atoms with van der Waals surface area (Å²) in [5.41, 5.74) is 3.54. The van der Waals surface area contributed by atoms with Crippen LogP contribution in [0.4, 0.5) is 10.8 Å². The number of ether oxygens (including phenoxy) is 1. The Balaban J connectivity index is 1.46. The molecule has 29 heavy (non-hydrogen) atoms. The van der Waals surface area contributed by atoms with Gasteiger partial charge in [-0.25, -0.2) is 4.98 Å². The molecule has 0 bridgehead atoms. The second kappa shape index (κ2) is 9.57. The van der Waals surface area contributed by atoms with Crippen LogP contribution in [0.15, 0.2) is 78.9 Å². The first-order valence-electron chi connectivity index (χ1n) is 10.2. The second-order valence-electron chi connectivity index (χ2n) is 7.05. The van der Waals surface area contributed by atoms with Gasteiger partial charge in [-0.3, -0.25) is 0 Å². The molecule has 0 radical (unpaired) electrons. The van der Waals surface area contributed by atoms with E-state index < -0.39 is 0 Å². The number of para-hydroxylation sites is 2. The molecule has 148 valence electrons. The maximum atomic E-state index is 6.05. The summed E-state index contributed by atoms with van der Waals surface area (Å²) in [7, 11) is 0. The molecule has 4 aromatic rings. The summed E-state index contributed by atoms with van der Waals surface area (Å²) in [6.45, 7) is 3.56. The molecule has 0 aliphatic heterocycles. The molecule has 0 atom stereocenters. The number of aromatic nitrogens is 1. The lowest BCUT2D eigenvalue weighted by atomic mass is 10.1. The van der Waals surface area contributed by atoms with Crippen LogP contribution < -0.4 is 9.64 Å². The predicted molar refractivity (Wildman–Crippen MR) is 124 cm³/mol. The molecule has 0 saturated heterocycles. The molecule has 0 amide bonds. The zero-order valence-corrected chi connectivity index (χ0v) is 17.6. The van der Waals surface area contributed by atoms with Crippen molar-refractivity contribution in [2.24, 2.45) is 0 Å². The van der Waals surface area contributed by atoms with Crippen LogP contribution in [-0.4, -0.2) is 18.1 Å². The van der Waals surface area contributed by atoms with Gasteiger partial charge in [0.2, 0.25) is 0 Å². The maximum Gasteiger partial charge on any atom is 0.191 e. The third-order valence-electron chi connectivity index (χ3n) is 4.91. The highest BCUT2D eigenvalue weighted by Gasteiger charge is 2.14. The Kier molecular flexibility index (Phi) is 6.42. The van der Waals surface area contributed by atoms with Crippen LogP contribution >= 0.6 is 11.3 Å². The van der Waals surface area contributed by atoms with E-state index in [2.05, 4.69) is 78.6 Å². The van der Waals surface area contributed by atoms with Crippen LogP contribution in [0, 0.1) is 0 Å². The largest absolute Gasteiger partial charge is 0.492 e. The van der Waals surface area contributed by atoms with Crippen molar-refractivity contribution in [3.63, 3.8) is 0 Å². The number of unbranched alkanes of at least 4 members (excludes halogenated alkanes) is 1. The van der Waals surface area contributed by atoms with Crippen LogP contribution in [0.2, 0.25) is 0 Å². The number of fused-ring (bicyclic) bond motifs is 1. The van der Waals surface area contributed by atoms with E-state index in [9.17, 15) is 0 Å². The standard InChI is InChI=1S/C25H26N2OS/c1-2-3-9-20-14-16-22(17-15-20)28-19-18-27(21-10-5-4-6-11-21)25-26-23-12-7-8-13-24(23)29-25/h4-8,10-17H,2-3,9,18-19H2,1H3. The van der Waals surface area contributed by atoms with Gasteiger partial charge >= 0.3 is 0 Å². The van der Waals surface area contributed by atoms with Crippen molar-refractivity contribution in [2.45, 2.75) is 26.2 Å². The molecule has 0 spiro atoms. The minimum absolute atomic E-state index is 0.596. The number of benzene rings is 3. The normalized spacial score (nSPS) is 10.9. The van der Waals surface area contributed by atoms with Crippen LogP contribution in [-0.2, 0) is 6.42 Å². The summed E-state index contributed by atoms with van der Waals surface area (Å²) in [6.07, 6.45) is 3.59. The fraction of sp³-hybridized carbons (Fsp3) is 0.240. The fourth-order valence-corrected chi connectivity index (χ4v) is 4.32. The van der Waals surface area contributed by atoms with Crippen LogP contribution in [0.3, 0.4) is 0 Å². The number of nitrogens with zero attached hydrogens (tertiary/aromatic N) is 2. The Hall–Kier alpha value is -2.85. The van der Waals surface area contributed by atoms with E-state index in [0.717, 1.165) is 35.1 Å². The highest BCUT2D eigenvalue weighted by Crippen LogP contribution is 2.33. The van der Waals surface area contributed by atoms with E-state index >= 15 is 0 Å². The first kappa shape index (κ1) is 19.5. The zero-order chi connectivity index (χ0) is 19.9. The van der Waals surface area contributed by atoms with Crippen LogP contribution in [0.5, 0.6) is 5.75 Å². The van der Waals surface area contributed by atoms with Crippen molar-refractivity contribution in [3.05, 3.63) is 84.4 Å². The molecule has 3 nitrogen and oxygen atoms in total. The monoisotopic (exact) mass is 402 g/mol. The molecule has 0 fully saturated rings. The maximum absolute atomic E-state index is 6.05. The first-order chi connectivity index (χ1) is 14.3. The van der Waals surface area contributed by atoms with E-state index in [1.807, 2.05) is 12.1 Å². The van der Waals surface area contributed by atoms with Gasteiger partial charge in [0.1, 0.15) is 12.4 Å². The lowest BCUT2D eigenvalue weighted by Crippen LogP contribution is -2.23. The minimum atomic E-state index is 0.596. The Morgan fingerprint density at radius 3 is 2.41 bits per heavy atom. The van der Waals surface area contributed by atoms with E-state index in [1.54, 1.807) is 11.3 Å². The number of rotatable bonds is 9. The quantitative estimate of drug-likeness (QED) is 0.306. The summed E-state index contributed by atoms with van der Waals surface area (Å²) in [6, 6.07) is 27.2. The third kappa shape index (κ3) is 4.96. The summed E-state index contributed by atoms with van der Waals surface area (Å²) in [5.74, 6) is 0.919. The summed E-state index contributed by atoms with van der Waals surface area (Å²) >= 11 is 1.72. The Morgan fingerprint density at radius 2 is 1.66 bits per heavy atom. The Bertz CT molecular complexity index is 995. The molecule has 3 aromatic carbocycles. The van der Waals surface area contributed by atoms with Crippen molar-refractivity contribution in [3.8, 4) is 5.75 Å². The second-order valence-corrected chi connectivity index (χ2v) is 8.06. The van der Waals surface area contributed by atoms with Crippen molar-refractivity contribution < 1.29 is 4.74 Å². The van der Waals surface area contributed by atoms with E-state index in [1.165, 1.54) is 23.1 Å². The van der Waals surface area contributed by atoms with Crippen LogP contribution in [0.25, 0.3) is 10.2 Å². The van der Waals surface area contributed by atoms with Crippen molar-refractivity contribution in [1.29, 1.82) is 0 Å². The van der Waals surface area contributed by atoms with Gasteiger partial charge in [0, 0.05) is 5.69 Å². The predicted octanol–water partition coefficient (Wildman–Crippen LogP) is 6.86. The lowest BCUT2D eigenvalue weighted by molar-refractivity contribution is 0.327. The number of hydrogen-bond acceptors (Lipinski definition) is 4. The van der Waals surface area contributed by atoms with Gasteiger partial charge < -0.3 is 9.64 Å². The van der Waals surface area contributed by atoms with Crippen LogP contribution in [0.1, 0.15) is 25.3 Å². The highest BCUT2D eigenvalue weighted by atomic mass is 32.1. The minimum Gasteiger partial charge on any atom is -0.492 e. The molecule has 0 saturated carbocycles. The van der Waals surface area contributed by atoms with Crippen molar-refractivity contribution >= 4 is 32.4 Å². The molecular weight excluding hydrogens is 376 g/mol. The average molecular weight is 403 g/mol. The van der Waals surface area contributed by atoms with Gasteiger partial charge in [-0.05, 0) is 54.8 Å². The third-order valence-corrected chi connectivity index (χ3v) is 5.97. The van der Waals surface area contributed by atoms with Gasteiger partial charge in [-0.1, -0.05) is 67.1 Å². The molecule has 1 heterocycles. The average Bonchev–Trinajstić information content (AvgIpc) is 3.20. The summed E-state index contributed by atoms with van der Waals surface area (Å²) in [4.78, 5) is 7.08. The molecule has 1 aromatic heterocycles. The molecular formula is C25H26N2OS. The molecule has 0 aliphatic rings. The van der Waals surface area contributed by atoms with Gasteiger partial charge in [-0.2, -0.15) is 0 Å². The number of aryl methyl sites for hydroxylation is 1. The van der Waals surface area contributed by atoms with Crippen molar-refractivity contribution in [1.82, 2.24) is 4.98 Å². The Morgan fingerprint density at radius 1 is 0.897 bits per heavy atom. The molecule has 4 heteroatoms. The van der Waals surface area contributed by atoms with Gasteiger partial charge in [0.05, 0.1) is 16.8 Å². The number of anilines is 2. The SMILES string of the molecule is CCCCc1ccc(OCCN(c2ccccc2)c2nc3ccccc3s2)cc1. The lowest BCUT2D eigenvalue weighted by Gasteiger charge is -2.22. The zero-order valence-electron chi connectivity index (χ0n) is 16.8. The van der Waals surface area contributed by atoms with Gasteiger partial charge in [-0.15, -0.1) is 0 Å². The number of hydrogen-bond donors (Lipinski definition) is 0. The molecule has 0 unspecified atom stereocenters. The van der Waals surface area contributed by atoms with E-state index in [-0.39, 0.29) is 0 Å². The van der Waals surface area contributed by atoms with Gasteiger partial charge in [0.15, 0.2) is 5.13 Å². The van der Waals surface area contributed by atoms with Gasteiger partial charge in [0.25, 0.3) is 0 Å². The molecule has 0 N–H and O–H groups in total. The molecule has 4 rings (SSSR count). The smallest absolute Gasteiger partial charge is 0.191 e. The Labute approximate surface area is 176 Å². The van der Waals surface area contributed by atoms with E-state index in [0.29, 0.717) is 6.61 Å². The molecule has 0 aliphatic carbocycles. The fourth-order valence-electron chi connectivity index (χ4n) is 3.31. The highest BCUT2D eigenvalue weighted by molar-refractivity contribution is 7.22.